The average Bonchev–Trinajstić information content (AvgIpc) is 3.23. The van der Waals surface area contributed by atoms with E-state index in [-0.39, 0.29) is 29.2 Å². The Morgan fingerprint density at radius 3 is 2.63 bits per heavy atom. The van der Waals surface area contributed by atoms with Crippen LogP contribution in [-0.4, -0.2) is 48.3 Å². The Morgan fingerprint density at radius 1 is 1.07 bits per heavy atom. The third kappa shape index (κ3) is 2.94. The Bertz CT molecular complexity index is 1230. The van der Waals surface area contributed by atoms with Gasteiger partial charge in [0.05, 0.1) is 5.69 Å². The number of rotatable bonds is 3. The monoisotopic (exact) mass is 428 g/mol. The first-order valence-electron chi connectivity index (χ1n) is 9.73. The SMILES string of the molecule is Cc1cccc2c1N(C1CCN(S(=O)(=O)c3cccc4nonc34)CC1)C(=O)OC2. The molecule has 0 radical (unpaired) electrons. The number of para-hydroxylation sites is 1. The molecule has 0 unspecified atom stereocenters. The van der Waals surface area contributed by atoms with Crippen LogP contribution in [0.3, 0.4) is 0 Å². The second kappa shape index (κ2) is 7.06. The molecule has 0 N–H and O–H groups in total. The van der Waals surface area contributed by atoms with E-state index in [0.717, 1.165) is 16.8 Å². The fourth-order valence-corrected chi connectivity index (χ4v) is 5.89. The molecule has 0 bridgehead atoms. The van der Waals surface area contributed by atoms with Crippen molar-refractivity contribution < 1.29 is 22.6 Å². The van der Waals surface area contributed by atoms with Gasteiger partial charge in [-0.15, -0.1) is 0 Å². The molecular formula is C20H20N4O5S. The van der Waals surface area contributed by atoms with Gasteiger partial charge in [0.15, 0.2) is 5.52 Å². The summed E-state index contributed by atoms with van der Waals surface area (Å²) in [5, 5.41) is 7.47. The molecular weight excluding hydrogens is 408 g/mol. The van der Waals surface area contributed by atoms with E-state index in [1.807, 2.05) is 25.1 Å². The third-order valence-electron chi connectivity index (χ3n) is 5.77. The third-order valence-corrected chi connectivity index (χ3v) is 7.70. The van der Waals surface area contributed by atoms with Gasteiger partial charge in [0, 0.05) is 24.7 Å². The lowest BCUT2D eigenvalue weighted by Gasteiger charge is -2.40. The molecule has 9 nitrogen and oxygen atoms in total. The van der Waals surface area contributed by atoms with Gasteiger partial charge in [0.1, 0.15) is 17.0 Å². The van der Waals surface area contributed by atoms with Crippen molar-refractivity contribution in [3.63, 3.8) is 0 Å². The molecule has 3 aromatic rings. The van der Waals surface area contributed by atoms with E-state index in [9.17, 15) is 13.2 Å². The van der Waals surface area contributed by atoms with E-state index in [1.54, 1.807) is 17.0 Å². The summed E-state index contributed by atoms with van der Waals surface area (Å²) < 4.78 is 37.9. The van der Waals surface area contributed by atoms with E-state index in [1.165, 1.54) is 10.4 Å². The summed E-state index contributed by atoms with van der Waals surface area (Å²) in [4.78, 5) is 14.3. The first-order valence-corrected chi connectivity index (χ1v) is 11.2. The maximum absolute atomic E-state index is 13.2. The predicted octanol–water partition coefficient (Wildman–Crippen LogP) is 2.84. The number of nitrogens with zero attached hydrogens (tertiary/aromatic N) is 4. The number of amides is 1. The summed E-state index contributed by atoms with van der Waals surface area (Å²) in [6.07, 6.45) is 0.640. The molecule has 2 aromatic carbocycles. The lowest BCUT2D eigenvalue weighted by atomic mass is 10.00. The number of hydrogen-bond acceptors (Lipinski definition) is 7. The Morgan fingerprint density at radius 2 is 1.83 bits per heavy atom. The number of fused-ring (bicyclic) bond motifs is 2. The van der Waals surface area contributed by atoms with Crippen LogP contribution in [0.2, 0.25) is 0 Å². The Balaban J connectivity index is 1.40. The molecule has 1 amide bonds. The standard InChI is InChI=1S/C20H20N4O5S/c1-13-4-2-5-14-12-28-20(25)24(19(13)14)15-8-10-23(11-9-15)30(26,27)17-7-3-6-16-18(17)22-29-21-16/h2-7,15H,8-12H2,1H3. The van der Waals surface area contributed by atoms with Gasteiger partial charge in [0.25, 0.3) is 0 Å². The van der Waals surface area contributed by atoms with Gasteiger partial charge in [-0.05, 0) is 47.8 Å². The number of anilines is 1. The van der Waals surface area contributed by atoms with Crippen LogP contribution in [0.5, 0.6) is 0 Å². The van der Waals surface area contributed by atoms with Crippen molar-refractivity contribution in [1.29, 1.82) is 0 Å². The van der Waals surface area contributed by atoms with Crippen LogP contribution in [0, 0.1) is 6.92 Å². The number of aryl methyl sites for hydroxylation is 1. The van der Waals surface area contributed by atoms with E-state index in [4.69, 9.17) is 9.37 Å². The summed E-state index contributed by atoms with van der Waals surface area (Å²) in [7, 11) is -3.76. The molecule has 0 atom stereocenters. The minimum atomic E-state index is -3.76. The zero-order valence-electron chi connectivity index (χ0n) is 16.3. The van der Waals surface area contributed by atoms with Crippen LogP contribution in [0.1, 0.15) is 24.0 Å². The second-order valence-electron chi connectivity index (χ2n) is 7.53. The van der Waals surface area contributed by atoms with Crippen molar-refractivity contribution in [3.05, 3.63) is 47.5 Å². The molecule has 10 heteroatoms. The molecule has 2 aliphatic heterocycles. The van der Waals surface area contributed by atoms with Crippen molar-refractivity contribution in [2.75, 3.05) is 18.0 Å². The van der Waals surface area contributed by atoms with Crippen LogP contribution < -0.4 is 4.90 Å². The normalized spacial score (nSPS) is 18.4. The minimum Gasteiger partial charge on any atom is -0.444 e. The number of carbonyl (C=O) groups is 1. The maximum atomic E-state index is 13.2. The second-order valence-corrected chi connectivity index (χ2v) is 9.44. The summed E-state index contributed by atoms with van der Waals surface area (Å²) in [5.41, 5.74) is 3.48. The lowest BCUT2D eigenvalue weighted by Crippen LogP contribution is -2.50. The summed E-state index contributed by atoms with van der Waals surface area (Å²) in [5.74, 6) is 0. The van der Waals surface area contributed by atoms with Crippen molar-refractivity contribution in [1.82, 2.24) is 14.6 Å². The molecule has 0 aliphatic carbocycles. The van der Waals surface area contributed by atoms with Crippen LogP contribution in [-0.2, 0) is 21.4 Å². The molecule has 1 fully saturated rings. The van der Waals surface area contributed by atoms with E-state index < -0.39 is 10.0 Å². The zero-order valence-corrected chi connectivity index (χ0v) is 17.1. The van der Waals surface area contributed by atoms with Gasteiger partial charge < -0.3 is 4.74 Å². The minimum absolute atomic E-state index is 0.0817. The summed E-state index contributed by atoms with van der Waals surface area (Å²) in [6, 6.07) is 10.5. The fourth-order valence-electron chi connectivity index (χ4n) is 4.28. The molecule has 3 heterocycles. The zero-order chi connectivity index (χ0) is 20.9. The van der Waals surface area contributed by atoms with Gasteiger partial charge in [-0.1, -0.05) is 24.3 Å². The lowest BCUT2D eigenvalue weighted by molar-refractivity contribution is 0.135. The number of benzene rings is 2. The highest BCUT2D eigenvalue weighted by molar-refractivity contribution is 7.89. The molecule has 1 saturated heterocycles. The van der Waals surface area contributed by atoms with Gasteiger partial charge in [-0.2, -0.15) is 4.31 Å². The number of aromatic nitrogens is 2. The number of cyclic esters (lactones) is 1. The molecule has 0 spiro atoms. The van der Waals surface area contributed by atoms with Gasteiger partial charge >= 0.3 is 6.09 Å². The van der Waals surface area contributed by atoms with E-state index in [2.05, 4.69) is 10.3 Å². The van der Waals surface area contributed by atoms with E-state index >= 15 is 0 Å². The Hall–Kier alpha value is -2.98. The molecule has 0 saturated carbocycles. The highest BCUT2D eigenvalue weighted by Crippen LogP contribution is 2.35. The van der Waals surface area contributed by atoms with Crippen molar-refractivity contribution >= 4 is 32.8 Å². The molecule has 156 valence electrons. The number of hydrogen-bond donors (Lipinski definition) is 0. The van der Waals surface area contributed by atoms with Crippen molar-refractivity contribution in [2.45, 2.75) is 37.3 Å². The predicted molar refractivity (Wildman–Crippen MR) is 107 cm³/mol. The molecule has 5 rings (SSSR count). The maximum Gasteiger partial charge on any atom is 0.414 e. The Kier molecular flexibility index (Phi) is 4.48. The van der Waals surface area contributed by atoms with Crippen LogP contribution in [0.25, 0.3) is 11.0 Å². The van der Waals surface area contributed by atoms with E-state index in [0.29, 0.717) is 31.4 Å². The number of sulfonamides is 1. The smallest absolute Gasteiger partial charge is 0.414 e. The number of ether oxygens (including phenoxy) is 1. The highest BCUT2D eigenvalue weighted by atomic mass is 32.2. The van der Waals surface area contributed by atoms with Gasteiger partial charge in [-0.3, -0.25) is 4.90 Å². The quantitative estimate of drug-likeness (QED) is 0.631. The van der Waals surface area contributed by atoms with Gasteiger partial charge in [0.2, 0.25) is 10.0 Å². The fraction of sp³-hybridized carbons (Fsp3) is 0.350. The van der Waals surface area contributed by atoms with Crippen molar-refractivity contribution in [3.8, 4) is 0 Å². The number of piperidine rings is 1. The Labute approximate surface area is 173 Å². The van der Waals surface area contributed by atoms with Gasteiger partial charge in [-0.25, -0.2) is 17.8 Å². The highest BCUT2D eigenvalue weighted by Gasteiger charge is 2.38. The average molecular weight is 428 g/mol. The topological polar surface area (TPSA) is 106 Å². The number of carbonyl (C=O) groups excluding carboxylic acids is 1. The van der Waals surface area contributed by atoms with Crippen LogP contribution in [0.4, 0.5) is 10.5 Å². The molecule has 1 aromatic heterocycles. The molecule has 2 aliphatic rings. The largest absolute Gasteiger partial charge is 0.444 e. The van der Waals surface area contributed by atoms with Crippen LogP contribution in [0.15, 0.2) is 45.9 Å². The first kappa shape index (κ1) is 19.0. The first-order chi connectivity index (χ1) is 14.5. The van der Waals surface area contributed by atoms with Crippen molar-refractivity contribution in [2.24, 2.45) is 0 Å². The summed E-state index contributed by atoms with van der Waals surface area (Å²) in [6.45, 7) is 2.81. The summed E-state index contributed by atoms with van der Waals surface area (Å²) >= 11 is 0. The molecule has 30 heavy (non-hydrogen) atoms. The van der Waals surface area contributed by atoms with Crippen LogP contribution >= 0.6 is 0 Å².